The molecule has 0 spiro atoms. The van der Waals surface area contributed by atoms with E-state index in [0.29, 0.717) is 46.8 Å². The molecule has 0 aliphatic carbocycles. The summed E-state index contributed by atoms with van der Waals surface area (Å²) >= 11 is 1.29. The monoisotopic (exact) mass is 496 g/mol. The van der Waals surface area contributed by atoms with Crippen molar-refractivity contribution in [2.45, 2.75) is 45.6 Å². The maximum atomic E-state index is 13.0. The van der Waals surface area contributed by atoms with Crippen LogP contribution >= 0.6 is 11.3 Å². The molecule has 2 N–H and O–H groups in total. The molecule has 3 aromatic rings. The summed E-state index contributed by atoms with van der Waals surface area (Å²) in [6.45, 7) is 5.17. The highest BCUT2D eigenvalue weighted by molar-refractivity contribution is 7.17. The van der Waals surface area contributed by atoms with Gasteiger partial charge in [-0.1, -0.05) is 24.2 Å². The van der Waals surface area contributed by atoms with Crippen molar-refractivity contribution in [1.29, 1.82) is 0 Å². The largest absolute Gasteiger partial charge is 0.378 e. The maximum absolute atomic E-state index is 13.0. The van der Waals surface area contributed by atoms with Crippen LogP contribution in [0.3, 0.4) is 0 Å². The molecule has 11 heteroatoms. The summed E-state index contributed by atoms with van der Waals surface area (Å²) < 4.78 is 7.14. The van der Waals surface area contributed by atoms with Crippen molar-refractivity contribution >= 4 is 39.2 Å². The quantitative estimate of drug-likeness (QED) is 0.534. The highest BCUT2D eigenvalue weighted by Crippen LogP contribution is 2.26. The molecule has 0 unspecified atom stereocenters. The minimum Gasteiger partial charge on any atom is -0.378 e. The van der Waals surface area contributed by atoms with E-state index in [1.165, 1.54) is 11.3 Å². The van der Waals surface area contributed by atoms with Gasteiger partial charge in [-0.05, 0) is 38.0 Å². The molecule has 0 bridgehead atoms. The molecular weight excluding hydrogens is 468 g/mol. The van der Waals surface area contributed by atoms with Crippen LogP contribution in [-0.2, 0) is 17.7 Å². The fourth-order valence-corrected chi connectivity index (χ4v) is 5.48. The highest BCUT2D eigenvalue weighted by atomic mass is 32.1. The molecule has 2 aromatic heterocycles. The van der Waals surface area contributed by atoms with Gasteiger partial charge in [0.25, 0.3) is 17.4 Å². The lowest BCUT2D eigenvalue weighted by Gasteiger charge is -2.25. The molecule has 0 radical (unpaired) electrons. The fraction of sp³-hybridized carbons (Fsp3) is 0.458. The maximum Gasteiger partial charge on any atom is 0.281 e. The zero-order valence-electron chi connectivity index (χ0n) is 19.6. The number of thiazole rings is 1. The third-order valence-electron chi connectivity index (χ3n) is 6.39. The molecule has 1 fully saturated rings. The third kappa shape index (κ3) is 4.92. The number of fused-ring (bicyclic) bond motifs is 2. The standard InChI is InChI=1S/C24H28N6O4S/c1-15-20(35-24(25-15)29-10-12-34-13-11-29)22(32)28-27-21(31)16-7-8-17-18(14-16)26-19-6-4-2-3-5-9-30(19)23(17)33/h7-8,14H,2-6,9-13H2,1H3,(H,27,31)(H,28,32). The molecule has 184 valence electrons. The van der Waals surface area contributed by atoms with Gasteiger partial charge in [0.2, 0.25) is 0 Å². The second kappa shape index (κ2) is 10.1. The molecule has 2 aliphatic rings. The first-order valence-corrected chi connectivity index (χ1v) is 12.8. The lowest BCUT2D eigenvalue weighted by molar-refractivity contribution is 0.0848. The van der Waals surface area contributed by atoms with Crippen molar-refractivity contribution in [1.82, 2.24) is 25.4 Å². The van der Waals surface area contributed by atoms with Crippen LogP contribution in [0.25, 0.3) is 10.9 Å². The van der Waals surface area contributed by atoms with E-state index in [9.17, 15) is 14.4 Å². The van der Waals surface area contributed by atoms with Gasteiger partial charge in [-0.3, -0.25) is 29.8 Å². The van der Waals surface area contributed by atoms with Crippen molar-refractivity contribution in [3.05, 3.63) is 50.5 Å². The summed E-state index contributed by atoms with van der Waals surface area (Å²) in [5.41, 5.74) is 6.30. The van der Waals surface area contributed by atoms with Gasteiger partial charge >= 0.3 is 0 Å². The number of anilines is 1. The molecule has 10 nitrogen and oxygen atoms in total. The summed E-state index contributed by atoms with van der Waals surface area (Å²) in [6.07, 6.45) is 4.95. The smallest absolute Gasteiger partial charge is 0.281 e. The molecule has 35 heavy (non-hydrogen) atoms. The Morgan fingerprint density at radius 2 is 1.77 bits per heavy atom. The van der Waals surface area contributed by atoms with Gasteiger partial charge in [0.05, 0.1) is 29.8 Å². The molecule has 1 aromatic carbocycles. The van der Waals surface area contributed by atoms with E-state index in [-0.39, 0.29) is 5.56 Å². The van der Waals surface area contributed by atoms with Gasteiger partial charge < -0.3 is 9.64 Å². The summed E-state index contributed by atoms with van der Waals surface area (Å²) in [5.74, 6) is -0.138. The van der Waals surface area contributed by atoms with Crippen LogP contribution in [0, 0.1) is 6.92 Å². The zero-order valence-corrected chi connectivity index (χ0v) is 20.4. The molecular formula is C24H28N6O4S. The summed E-state index contributed by atoms with van der Waals surface area (Å²) in [6, 6.07) is 4.82. The second-order valence-electron chi connectivity index (χ2n) is 8.80. The SMILES string of the molecule is Cc1nc(N2CCOCC2)sc1C(=O)NNC(=O)c1ccc2c(=O)n3c(nc2c1)CCCCCC3. The first-order valence-electron chi connectivity index (χ1n) is 12.0. The van der Waals surface area contributed by atoms with E-state index in [2.05, 4.69) is 20.7 Å². The van der Waals surface area contributed by atoms with E-state index in [1.54, 1.807) is 29.7 Å². The topological polar surface area (TPSA) is 118 Å². The predicted octanol–water partition coefficient (Wildman–Crippen LogP) is 2.19. The number of nitrogens with zero attached hydrogens (tertiary/aromatic N) is 4. The van der Waals surface area contributed by atoms with E-state index in [0.717, 1.165) is 56.1 Å². The minimum absolute atomic E-state index is 0.0658. The van der Waals surface area contributed by atoms with Gasteiger partial charge in [-0.15, -0.1) is 0 Å². The Balaban J connectivity index is 1.30. The Morgan fingerprint density at radius 3 is 2.60 bits per heavy atom. The normalized spacial score (nSPS) is 16.3. The zero-order chi connectivity index (χ0) is 24.4. The van der Waals surface area contributed by atoms with Crippen LogP contribution in [0.1, 0.15) is 57.2 Å². The number of carbonyl (C=O) groups excluding carboxylic acids is 2. The number of morpholine rings is 1. The molecule has 1 saturated heterocycles. The van der Waals surface area contributed by atoms with Crippen molar-refractivity contribution in [2.75, 3.05) is 31.2 Å². The van der Waals surface area contributed by atoms with Gasteiger partial charge in [0.15, 0.2) is 5.13 Å². The van der Waals surface area contributed by atoms with Crippen molar-refractivity contribution in [3.8, 4) is 0 Å². The van der Waals surface area contributed by atoms with E-state index >= 15 is 0 Å². The van der Waals surface area contributed by atoms with Gasteiger partial charge in [0.1, 0.15) is 10.7 Å². The van der Waals surface area contributed by atoms with Crippen molar-refractivity contribution in [3.63, 3.8) is 0 Å². The van der Waals surface area contributed by atoms with Crippen LogP contribution in [0.2, 0.25) is 0 Å². The number of aryl methyl sites for hydroxylation is 2. The van der Waals surface area contributed by atoms with Crippen LogP contribution in [0.15, 0.2) is 23.0 Å². The van der Waals surface area contributed by atoms with Crippen molar-refractivity contribution in [2.24, 2.45) is 0 Å². The molecule has 0 atom stereocenters. The molecule has 4 heterocycles. The van der Waals surface area contributed by atoms with Gasteiger partial charge in [0, 0.05) is 31.6 Å². The average Bonchev–Trinajstić information content (AvgIpc) is 3.25. The summed E-state index contributed by atoms with van der Waals surface area (Å²) in [5, 5.41) is 1.26. The Hall–Kier alpha value is -3.31. The molecule has 2 aliphatic heterocycles. The number of nitrogens with one attached hydrogen (secondary N) is 2. The third-order valence-corrected chi connectivity index (χ3v) is 7.61. The first-order chi connectivity index (χ1) is 17.0. The molecule has 2 amide bonds. The number of hydrazine groups is 1. The molecule has 5 rings (SSSR count). The molecule has 0 saturated carbocycles. The summed E-state index contributed by atoms with van der Waals surface area (Å²) in [7, 11) is 0. The van der Waals surface area contributed by atoms with Gasteiger partial charge in [-0.2, -0.15) is 0 Å². The summed E-state index contributed by atoms with van der Waals surface area (Å²) in [4.78, 5) is 50.2. The minimum atomic E-state index is -0.482. The fourth-order valence-electron chi connectivity index (χ4n) is 4.46. The highest BCUT2D eigenvalue weighted by Gasteiger charge is 2.21. The lowest BCUT2D eigenvalue weighted by Crippen LogP contribution is -2.41. The number of carbonyl (C=O) groups is 2. The Bertz CT molecular complexity index is 1330. The predicted molar refractivity (Wildman–Crippen MR) is 133 cm³/mol. The van der Waals surface area contributed by atoms with Crippen LogP contribution in [0.4, 0.5) is 5.13 Å². The van der Waals surface area contributed by atoms with E-state index < -0.39 is 11.8 Å². The van der Waals surface area contributed by atoms with E-state index in [1.807, 2.05) is 0 Å². The number of hydrogen-bond donors (Lipinski definition) is 2. The Kier molecular flexibility index (Phi) is 6.78. The Labute approximate surface area is 206 Å². The van der Waals surface area contributed by atoms with Crippen LogP contribution < -0.4 is 21.3 Å². The van der Waals surface area contributed by atoms with E-state index in [4.69, 9.17) is 9.72 Å². The Morgan fingerprint density at radius 1 is 1.00 bits per heavy atom. The first kappa shape index (κ1) is 23.4. The lowest BCUT2D eigenvalue weighted by atomic mass is 10.1. The average molecular weight is 497 g/mol. The number of benzene rings is 1. The number of aromatic nitrogens is 3. The van der Waals surface area contributed by atoms with Gasteiger partial charge in [-0.25, -0.2) is 9.97 Å². The second-order valence-corrected chi connectivity index (χ2v) is 9.78. The van der Waals surface area contributed by atoms with Crippen LogP contribution in [-0.4, -0.2) is 52.7 Å². The number of hydrogen-bond acceptors (Lipinski definition) is 8. The van der Waals surface area contributed by atoms with Crippen molar-refractivity contribution < 1.29 is 14.3 Å². The number of rotatable bonds is 3. The van der Waals surface area contributed by atoms with Crippen LogP contribution in [0.5, 0.6) is 0 Å². The number of amides is 2. The number of ether oxygens (including phenoxy) is 1.